The third-order valence-corrected chi connectivity index (χ3v) is 3.12. The summed E-state index contributed by atoms with van der Waals surface area (Å²) in [7, 11) is 1.57. The van der Waals surface area contributed by atoms with Gasteiger partial charge in [-0.1, -0.05) is 11.6 Å². The lowest BCUT2D eigenvalue weighted by atomic mass is 10.2. The number of carbonyl (C=O) groups excluding carboxylic acids is 1. The van der Waals surface area contributed by atoms with E-state index in [0.29, 0.717) is 5.69 Å². The van der Waals surface area contributed by atoms with E-state index in [1.54, 1.807) is 25.4 Å². The highest BCUT2D eigenvalue weighted by molar-refractivity contribution is 6.34. The molecule has 7 heteroatoms. The molecule has 0 saturated heterocycles. The number of nitrogens with zero attached hydrogens (tertiary/aromatic N) is 2. The predicted octanol–water partition coefficient (Wildman–Crippen LogP) is 3.10. The second-order valence-corrected chi connectivity index (χ2v) is 4.61. The van der Waals surface area contributed by atoms with Crippen LogP contribution in [0, 0.1) is 0 Å². The molecule has 0 aliphatic rings. The molecule has 1 aromatic heterocycles. The third-order valence-electron chi connectivity index (χ3n) is 2.79. The minimum absolute atomic E-state index is 0.0405. The number of aromatic carboxylic acids is 1. The van der Waals surface area contributed by atoms with Crippen molar-refractivity contribution in [1.29, 1.82) is 0 Å². The first-order valence-corrected chi connectivity index (χ1v) is 6.34. The number of anilines is 2. The van der Waals surface area contributed by atoms with Gasteiger partial charge in [0.25, 0.3) is 0 Å². The van der Waals surface area contributed by atoms with Crippen LogP contribution < -0.4 is 10.2 Å². The summed E-state index contributed by atoms with van der Waals surface area (Å²) in [6.07, 6.45) is 3.14. The van der Waals surface area contributed by atoms with Crippen molar-refractivity contribution in [2.75, 3.05) is 17.3 Å². The summed E-state index contributed by atoms with van der Waals surface area (Å²) >= 11 is 5.96. The third kappa shape index (κ3) is 3.49. The average molecular weight is 306 g/mol. The zero-order chi connectivity index (χ0) is 15.4. The smallest absolute Gasteiger partial charge is 0.335 e. The van der Waals surface area contributed by atoms with Crippen LogP contribution in [0.25, 0.3) is 0 Å². The fourth-order valence-electron chi connectivity index (χ4n) is 1.62. The Morgan fingerprint density at radius 2 is 2.10 bits per heavy atom. The highest BCUT2D eigenvalue weighted by atomic mass is 35.5. The Labute approximate surface area is 126 Å². The Bertz CT molecular complexity index is 676. The van der Waals surface area contributed by atoms with Crippen molar-refractivity contribution in [3.05, 3.63) is 53.3 Å². The molecule has 1 heterocycles. The van der Waals surface area contributed by atoms with E-state index in [1.807, 2.05) is 0 Å². The summed E-state index contributed by atoms with van der Waals surface area (Å²) in [6, 6.07) is 7.07. The molecule has 2 N–H and O–H groups in total. The minimum atomic E-state index is -1.09. The maximum absolute atomic E-state index is 12.1. The summed E-state index contributed by atoms with van der Waals surface area (Å²) in [5.74, 6) is -1.09. The molecular weight excluding hydrogens is 294 g/mol. The van der Waals surface area contributed by atoms with Gasteiger partial charge in [-0.2, -0.15) is 0 Å². The normalized spacial score (nSPS) is 10.0. The van der Waals surface area contributed by atoms with Crippen LogP contribution in [0.1, 0.15) is 10.4 Å². The first-order valence-electron chi connectivity index (χ1n) is 5.96. The molecule has 21 heavy (non-hydrogen) atoms. The van der Waals surface area contributed by atoms with E-state index in [1.165, 1.54) is 29.3 Å². The van der Waals surface area contributed by atoms with Gasteiger partial charge in [-0.15, -0.1) is 0 Å². The number of carboxylic acid groups (broad SMARTS) is 1. The van der Waals surface area contributed by atoms with Crippen LogP contribution in [0.5, 0.6) is 0 Å². The maximum atomic E-state index is 12.1. The molecule has 0 atom stereocenters. The van der Waals surface area contributed by atoms with Crippen molar-refractivity contribution in [2.24, 2.45) is 0 Å². The quantitative estimate of drug-likeness (QED) is 0.912. The van der Waals surface area contributed by atoms with Gasteiger partial charge in [-0.3, -0.25) is 9.88 Å². The van der Waals surface area contributed by atoms with Crippen molar-refractivity contribution >= 4 is 35.0 Å². The summed E-state index contributed by atoms with van der Waals surface area (Å²) in [6.45, 7) is 0. The van der Waals surface area contributed by atoms with Gasteiger partial charge in [0.1, 0.15) is 0 Å². The Kier molecular flexibility index (Phi) is 4.39. The molecule has 2 aromatic rings. The van der Waals surface area contributed by atoms with Gasteiger partial charge < -0.3 is 10.4 Å². The highest BCUT2D eigenvalue weighted by Crippen LogP contribution is 2.24. The number of rotatable bonds is 3. The van der Waals surface area contributed by atoms with E-state index in [-0.39, 0.29) is 16.3 Å². The van der Waals surface area contributed by atoms with Gasteiger partial charge in [0.2, 0.25) is 0 Å². The predicted molar refractivity (Wildman–Crippen MR) is 80.1 cm³/mol. The van der Waals surface area contributed by atoms with E-state index in [9.17, 15) is 9.59 Å². The molecule has 0 aliphatic carbocycles. The summed E-state index contributed by atoms with van der Waals surface area (Å²) in [5, 5.41) is 11.8. The van der Waals surface area contributed by atoms with Crippen molar-refractivity contribution in [3.63, 3.8) is 0 Å². The largest absolute Gasteiger partial charge is 0.478 e. The van der Waals surface area contributed by atoms with Crippen molar-refractivity contribution < 1.29 is 14.7 Å². The summed E-state index contributed by atoms with van der Waals surface area (Å²) in [5.41, 5.74) is 0.872. The van der Waals surface area contributed by atoms with Crippen molar-refractivity contribution in [1.82, 2.24) is 4.98 Å². The monoisotopic (exact) mass is 305 g/mol. The maximum Gasteiger partial charge on any atom is 0.335 e. The molecule has 0 fully saturated rings. The van der Waals surface area contributed by atoms with Crippen LogP contribution in [0.3, 0.4) is 0 Å². The SMILES string of the molecule is CN(C(=O)Nc1cc(C(=O)O)ccc1Cl)c1cccnc1. The average Bonchev–Trinajstić information content (AvgIpc) is 2.49. The molecule has 0 bridgehead atoms. The first-order chi connectivity index (χ1) is 9.99. The molecule has 1 aromatic carbocycles. The van der Waals surface area contributed by atoms with Gasteiger partial charge in [0.15, 0.2) is 0 Å². The van der Waals surface area contributed by atoms with Crippen LogP contribution in [0.15, 0.2) is 42.7 Å². The zero-order valence-electron chi connectivity index (χ0n) is 11.1. The van der Waals surface area contributed by atoms with Crippen molar-refractivity contribution in [2.45, 2.75) is 0 Å². The Morgan fingerprint density at radius 1 is 1.33 bits per heavy atom. The summed E-state index contributed by atoms with van der Waals surface area (Å²) < 4.78 is 0. The number of benzene rings is 1. The summed E-state index contributed by atoms with van der Waals surface area (Å²) in [4.78, 5) is 28.3. The fourth-order valence-corrected chi connectivity index (χ4v) is 1.79. The first kappa shape index (κ1) is 14.8. The number of urea groups is 1. The van der Waals surface area contributed by atoms with Gasteiger partial charge in [-0.25, -0.2) is 9.59 Å². The molecule has 0 saturated carbocycles. The molecule has 108 valence electrons. The van der Waals surface area contributed by atoms with E-state index in [2.05, 4.69) is 10.3 Å². The number of hydrogen-bond acceptors (Lipinski definition) is 3. The van der Waals surface area contributed by atoms with Crippen LogP contribution in [-0.4, -0.2) is 29.1 Å². The Balaban J connectivity index is 2.20. The molecule has 0 aliphatic heterocycles. The lowest BCUT2D eigenvalue weighted by Crippen LogP contribution is -2.31. The molecular formula is C14H12ClN3O3. The van der Waals surface area contributed by atoms with E-state index in [4.69, 9.17) is 16.7 Å². The second-order valence-electron chi connectivity index (χ2n) is 4.20. The Morgan fingerprint density at radius 3 is 2.71 bits per heavy atom. The van der Waals surface area contributed by atoms with Crippen LogP contribution in [-0.2, 0) is 0 Å². The number of nitrogens with one attached hydrogen (secondary N) is 1. The Hall–Kier alpha value is -2.60. The molecule has 2 amide bonds. The number of carbonyl (C=O) groups is 2. The van der Waals surface area contributed by atoms with Gasteiger partial charge in [0.05, 0.1) is 28.2 Å². The number of pyridine rings is 1. The van der Waals surface area contributed by atoms with Crippen LogP contribution in [0.4, 0.5) is 16.2 Å². The van der Waals surface area contributed by atoms with Gasteiger partial charge in [-0.05, 0) is 30.3 Å². The minimum Gasteiger partial charge on any atom is -0.478 e. The topological polar surface area (TPSA) is 82.5 Å². The van der Waals surface area contributed by atoms with Gasteiger partial charge in [0, 0.05) is 13.2 Å². The molecule has 0 unspecified atom stereocenters. The highest BCUT2D eigenvalue weighted by Gasteiger charge is 2.14. The van der Waals surface area contributed by atoms with Crippen molar-refractivity contribution in [3.8, 4) is 0 Å². The number of aromatic nitrogens is 1. The standard InChI is InChI=1S/C14H12ClN3O3/c1-18(10-3-2-6-16-8-10)14(21)17-12-7-9(13(19)20)4-5-11(12)15/h2-8H,1H3,(H,17,21)(H,19,20). The van der Waals surface area contributed by atoms with Crippen LogP contribution >= 0.6 is 11.6 Å². The van der Waals surface area contributed by atoms with E-state index >= 15 is 0 Å². The van der Waals surface area contributed by atoms with E-state index in [0.717, 1.165) is 0 Å². The molecule has 0 radical (unpaired) electrons. The molecule has 0 spiro atoms. The molecule has 2 rings (SSSR count). The number of amides is 2. The van der Waals surface area contributed by atoms with E-state index < -0.39 is 12.0 Å². The number of hydrogen-bond donors (Lipinski definition) is 2. The lowest BCUT2D eigenvalue weighted by Gasteiger charge is -2.18. The second kappa shape index (κ2) is 6.23. The zero-order valence-corrected chi connectivity index (χ0v) is 11.8. The van der Waals surface area contributed by atoms with Crippen LogP contribution in [0.2, 0.25) is 5.02 Å². The lowest BCUT2D eigenvalue weighted by molar-refractivity contribution is 0.0697. The molecule has 6 nitrogen and oxygen atoms in total. The number of halogens is 1. The number of carboxylic acids is 1. The fraction of sp³-hybridized carbons (Fsp3) is 0.0714. The van der Waals surface area contributed by atoms with Gasteiger partial charge >= 0.3 is 12.0 Å².